The summed E-state index contributed by atoms with van der Waals surface area (Å²) in [6.07, 6.45) is 0. The molecule has 5 aromatic carbocycles. The fourth-order valence-electron chi connectivity index (χ4n) is 6.15. The molecule has 2 nitrogen and oxygen atoms in total. The average Bonchev–Trinajstić information content (AvgIpc) is 2.84. The molecule has 0 saturated heterocycles. The molecule has 0 fully saturated rings. The Morgan fingerprint density at radius 3 is 1.67 bits per heavy atom. The molecular formula is C36H33FO2. The average molecular weight is 517 g/mol. The van der Waals surface area contributed by atoms with E-state index in [1.807, 2.05) is 24.3 Å². The Labute approximate surface area is 229 Å². The number of hydrogen-bond donors (Lipinski definition) is 0. The van der Waals surface area contributed by atoms with Crippen LogP contribution in [-0.2, 0) is 9.53 Å². The maximum absolute atomic E-state index is 14.8. The minimum Gasteiger partial charge on any atom is -0.425 e. The summed E-state index contributed by atoms with van der Waals surface area (Å²) in [5.41, 5.74) is 10.3. The molecule has 0 unspecified atom stereocenters. The molecule has 5 aromatic rings. The molecule has 39 heavy (non-hydrogen) atoms. The minimum absolute atomic E-state index is 0.340. The maximum Gasteiger partial charge on any atom is 0.308 e. The Morgan fingerprint density at radius 2 is 1.13 bits per heavy atom. The Kier molecular flexibility index (Phi) is 6.86. The standard InChI is InChI=1S/C36H33FO2/c1-20-14-22(3)32(23(4)15-20)35(33-24(5)16-21(2)17-25(33)6)36(39-26(7)38)34-30-11-9-8-10-27(30)18-28-12-13-29(37)19-31(28)34/h8-19H,1-7H3. The first-order chi connectivity index (χ1) is 18.5. The van der Waals surface area contributed by atoms with Gasteiger partial charge in [-0.15, -0.1) is 0 Å². The first-order valence-electron chi connectivity index (χ1n) is 13.3. The van der Waals surface area contributed by atoms with Crippen LogP contribution in [0.25, 0.3) is 32.9 Å². The van der Waals surface area contributed by atoms with Crippen molar-refractivity contribution >= 4 is 38.8 Å². The van der Waals surface area contributed by atoms with Crippen molar-refractivity contribution in [3.05, 3.63) is 129 Å². The summed E-state index contributed by atoms with van der Waals surface area (Å²) in [5, 5.41) is 3.47. The first-order valence-corrected chi connectivity index (χ1v) is 13.3. The van der Waals surface area contributed by atoms with Crippen LogP contribution in [0.4, 0.5) is 4.39 Å². The molecule has 0 aromatic heterocycles. The van der Waals surface area contributed by atoms with Gasteiger partial charge in [-0.25, -0.2) is 4.39 Å². The van der Waals surface area contributed by atoms with Crippen LogP contribution >= 0.6 is 0 Å². The second-order valence-electron chi connectivity index (χ2n) is 10.7. The summed E-state index contributed by atoms with van der Waals surface area (Å²) in [4.78, 5) is 12.9. The lowest BCUT2D eigenvalue weighted by atomic mass is 9.82. The zero-order valence-electron chi connectivity index (χ0n) is 23.6. The van der Waals surface area contributed by atoms with E-state index in [4.69, 9.17) is 4.74 Å². The number of halogens is 1. The highest BCUT2D eigenvalue weighted by molar-refractivity contribution is 6.14. The van der Waals surface area contributed by atoms with Crippen LogP contribution in [0.2, 0.25) is 0 Å². The zero-order chi connectivity index (χ0) is 28.0. The first kappa shape index (κ1) is 26.4. The maximum atomic E-state index is 14.8. The van der Waals surface area contributed by atoms with Crippen LogP contribution in [0.3, 0.4) is 0 Å². The van der Waals surface area contributed by atoms with Gasteiger partial charge < -0.3 is 4.74 Å². The molecule has 0 bridgehead atoms. The Hall–Kier alpha value is -4.24. The highest BCUT2D eigenvalue weighted by Crippen LogP contribution is 2.44. The lowest BCUT2D eigenvalue weighted by Gasteiger charge is -2.24. The SMILES string of the molecule is CC(=O)OC(=C(c1c(C)cc(C)cc1C)c1c(C)cc(C)cc1C)c1c2ccccc2cc2ccc(F)cc12. The molecule has 0 aliphatic carbocycles. The van der Waals surface area contributed by atoms with Gasteiger partial charge in [0.25, 0.3) is 0 Å². The molecular weight excluding hydrogens is 483 g/mol. The van der Waals surface area contributed by atoms with Gasteiger partial charge in [0.15, 0.2) is 0 Å². The van der Waals surface area contributed by atoms with Gasteiger partial charge in [0.2, 0.25) is 0 Å². The van der Waals surface area contributed by atoms with Crippen LogP contribution in [0.5, 0.6) is 0 Å². The molecule has 0 atom stereocenters. The normalized spacial score (nSPS) is 11.2. The van der Waals surface area contributed by atoms with E-state index in [-0.39, 0.29) is 5.82 Å². The third-order valence-corrected chi connectivity index (χ3v) is 7.38. The van der Waals surface area contributed by atoms with E-state index in [0.717, 1.165) is 66.2 Å². The van der Waals surface area contributed by atoms with Gasteiger partial charge in [0, 0.05) is 18.1 Å². The van der Waals surface area contributed by atoms with Crippen LogP contribution in [0.1, 0.15) is 57.0 Å². The van der Waals surface area contributed by atoms with Gasteiger partial charge in [-0.1, -0.05) is 65.7 Å². The smallest absolute Gasteiger partial charge is 0.308 e. The van der Waals surface area contributed by atoms with Gasteiger partial charge in [-0.3, -0.25) is 4.79 Å². The lowest BCUT2D eigenvalue weighted by Crippen LogP contribution is -2.09. The number of rotatable bonds is 4. The number of aryl methyl sites for hydroxylation is 6. The molecule has 0 spiro atoms. The molecule has 0 amide bonds. The number of ether oxygens (including phenoxy) is 1. The van der Waals surface area contributed by atoms with Crippen molar-refractivity contribution in [3.8, 4) is 0 Å². The van der Waals surface area contributed by atoms with E-state index in [9.17, 15) is 9.18 Å². The van der Waals surface area contributed by atoms with E-state index >= 15 is 0 Å². The molecule has 0 aliphatic rings. The topological polar surface area (TPSA) is 26.3 Å². The summed E-state index contributed by atoms with van der Waals surface area (Å²) < 4.78 is 21.1. The predicted molar refractivity (Wildman–Crippen MR) is 160 cm³/mol. The monoisotopic (exact) mass is 516 g/mol. The number of fused-ring (bicyclic) bond motifs is 2. The fraction of sp³-hybridized carbons (Fsp3) is 0.194. The Balaban J connectivity index is 2.10. The lowest BCUT2D eigenvalue weighted by molar-refractivity contribution is -0.134. The van der Waals surface area contributed by atoms with E-state index in [0.29, 0.717) is 16.7 Å². The van der Waals surface area contributed by atoms with Crippen LogP contribution in [0.15, 0.2) is 72.8 Å². The quantitative estimate of drug-likeness (QED) is 0.103. The molecule has 5 rings (SSSR count). The van der Waals surface area contributed by atoms with Gasteiger partial charge in [-0.05, 0) is 115 Å². The highest BCUT2D eigenvalue weighted by atomic mass is 19.1. The van der Waals surface area contributed by atoms with Gasteiger partial charge in [0.05, 0.1) is 0 Å². The molecule has 3 heteroatoms. The molecule has 0 N–H and O–H groups in total. The molecule has 196 valence electrons. The van der Waals surface area contributed by atoms with Crippen molar-refractivity contribution in [1.29, 1.82) is 0 Å². The number of hydrogen-bond acceptors (Lipinski definition) is 2. The van der Waals surface area contributed by atoms with E-state index in [1.54, 1.807) is 12.1 Å². The van der Waals surface area contributed by atoms with Crippen molar-refractivity contribution < 1.29 is 13.9 Å². The fourth-order valence-corrected chi connectivity index (χ4v) is 6.15. The second-order valence-corrected chi connectivity index (χ2v) is 10.7. The van der Waals surface area contributed by atoms with Crippen molar-refractivity contribution in [2.24, 2.45) is 0 Å². The van der Waals surface area contributed by atoms with E-state index in [1.165, 1.54) is 13.0 Å². The van der Waals surface area contributed by atoms with Crippen LogP contribution < -0.4 is 0 Å². The van der Waals surface area contributed by atoms with Gasteiger partial charge in [0.1, 0.15) is 11.6 Å². The highest BCUT2D eigenvalue weighted by Gasteiger charge is 2.26. The second kappa shape index (κ2) is 10.1. The summed E-state index contributed by atoms with van der Waals surface area (Å²) in [6.45, 7) is 14.0. The van der Waals surface area contributed by atoms with Gasteiger partial charge >= 0.3 is 5.97 Å². The third kappa shape index (κ3) is 4.85. The molecule has 0 aliphatic heterocycles. The number of carbonyl (C=O) groups excluding carboxylic acids is 1. The molecule has 0 heterocycles. The zero-order valence-corrected chi connectivity index (χ0v) is 23.6. The van der Waals surface area contributed by atoms with Crippen molar-refractivity contribution in [3.63, 3.8) is 0 Å². The predicted octanol–water partition coefficient (Wildman–Crippen LogP) is 9.46. The summed E-state index contributed by atoms with van der Waals surface area (Å²) >= 11 is 0. The van der Waals surface area contributed by atoms with E-state index < -0.39 is 5.97 Å². The number of benzene rings is 5. The third-order valence-electron chi connectivity index (χ3n) is 7.38. The molecule has 0 radical (unpaired) electrons. The Bertz CT molecular complexity index is 1720. The largest absolute Gasteiger partial charge is 0.425 e. The summed E-state index contributed by atoms with van der Waals surface area (Å²) in [5.74, 6) is -0.321. The molecule has 0 saturated carbocycles. The van der Waals surface area contributed by atoms with Crippen molar-refractivity contribution in [2.45, 2.75) is 48.5 Å². The minimum atomic E-state index is -0.426. The summed E-state index contributed by atoms with van der Waals surface area (Å²) in [7, 11) is 0. The van der Waals surface area contributed by atoms with Gasteiger partial charge in [-0.2, -0.15) is 0 Å². The van der Waals surface area contributed by atoms with Crippen LogP contribution in [-0.4, -0.2) is 5.97 Å². The van der Waals surface area contributed by atoms with E-state index in [2.05, 4.69) is 71.9 Å². The number of esters is 1. The van der Waals surface area contributed by atoms with Crippen molar-refractivity contribution in [1.82, 2.24) is 0 Å². The summed E-state index contributed by atoms with van der Waals surface area (Å²) in [6, 6.07) is 23.5. The van der Waals surface area contributed by atoms with Crippen LogP contribution in [0, 0.1) is 47.4 Å². The number of carbonyl (C=O) groups is 1. The Morgan fingerprint density at radius 1 is 0.615 bits per heavy atom. The van der Waals surface area contributed by atoms with Crippen molar-refractivity contribution in [2.75, 3.05) is 0 Å².